The maximum atomic E-state index is 10.6. The van der Waals surface area contributed by atoms with Gasteiger partial charge in [-0.15, -0.1) is 5.10 Å². The summed E-state index contributed by atoms with van der Waals surface area (Å²) in [6.45, 7) is 3.10. The second-order valence-electron chi connectivity index (χ2n) is 2.42. The van der Waals surface area contributed by atoms with Gasteiger partial charge in [0.2, 0.25) is 5.16 Å². The number of carbonyl (C=O) groups excluding carboxylic acids is 1. The number of hydrogen-bond acceptors (Lipinski definition) is 5. The molecular formula is C7H11N3O2S. The summed E-state index contributed by atoms with van der Waals surface area (Å²) in [7, 11) is 0. The lowest BCUT2D eigenvalue weighted by Gasteiger charge is -2.10. The summed E-state index contributed by atoms with van der Waals surface area (Å²) in [4.78, 5) is 14.6. The molecule has 13 heavy (non-hydrogen) atoms. The topological polar surface area (TPSA) is 57.0 Å². The van der Waals surface area contributed by atoms with Crippen molar-refractivity contribution in [1.29, 1.82) is 0 Å². The first-order valence-corrected chi connectivity index (χ1v) is 4.98. The highest BCUT2D eigenvalue weighted by Gasteiger charge is 2.09. The summed E-state index contributed by atoms with van der Waals surface area (Å²) in [5.41, 5.74) is 0. The Morgan fingerprint density at radius 3 is 2.92 bits per heavy atom. The van der Waals surface area contributed by atoms with Crippen molar-refractivity contribution in [2.45, 2.75) is 25.2 Å². The zero-order valence-electron chi connectivity index (χ0n) is 7.72. The maximum Gasteiger partial charge on any atom is 0.304 e. The smallest absolute Gasteiger partial charge is 0.304 e. The fraction of sp³-hybridized carbons (Fsp3) is 0.571. The van der Waals surface area contributed by atoms with Crippen LogP contribution in [0.15, 0.2) is 11.5 Å². The lowest BCUT2D eigenvalue weighted by Crippen LogP contribution is -2.12. The third-order valence-electron chi connectivity index (χ3n) is 1.38. The molecule has 1 aromatic rings. The fourth-order valence-electron chi connectivity index (χ4n) is 0.822. The van der Waals surface area contributed by atoms with E-state index in [2.05, 4.69) is 10.1 Å². The molecule has 1 atom stereocenters. The quantitative estimate of drug-likeness (QED) is 0.541. The minimum Gasteiger partial charge on any atom is -0.440 e. The summed E-state index contributed by atoms with van der Waals surface area (Å²) >= 11 is 1.44. The van der Waals surface area contributed by atoms with Crippen molar-refractivity contribution >= 4 is 17.7 Å². The third kappa shape index (κ3) is 2.73. The van der Waals surface area contributed by atoms with Crippen LogP contribution in [-0.2, 0) is 9.53 Å². The molecule has 6 heteroatoms. The molecule has 0 radical (unpaired) electrons. The first-order valence-electron chi connectivity index (χ1n) is 3.76. The van der Waals surface area contributed by atoms with Crippen molar-refractivity contribution in [1.82, 2.24) is 14.8 Å². The van der Waals surface area contributed by atoms with Gasteiger partial charge in [-0.2, -0.15) is 0 Å². The molecule has 1 heterocycles. The van der Waals surface area contributed by atoms with E-state index < -0.39 is 6.23 Å². The van der Waals surface area contributed by atoms with Crippen LogP contribution in [0.5, 0.6) is 0 Å². The van der Waals surface area contributed by atoms with Gasteiger partial charge in [0.25, 0.3) is 0 Å². The average molecular weight is 201 g/mol. The van der Waals surface area contributed by atoms with Gasteiger partial charge >= 0.3 is 5.97 Å². The van der Waals surface area contributed by atoms with Crippen molar-refractivity contribution in [2.24, 2.45) is 0 Å². The van der Waals surface area contributed by atoms with Gasteiger partial charge < -0.3 is 4.74 Å². The Kier molecular flexibility index (Phi) is 3.30. The predicted octanol–water partition coefficient (Wildman–Crippen LogP) is 1.08. The molecule has 1 aromatic heterocycles. The van der Waals surface area contributed by atoms with Crippen LogP contribution in [0, 0.1) is 0 Å². The SMILES string of the molecule is CSc1ncn(C(C)OC(C)=O)n1. The minimum absolute atomic E-state index is 0.325. The Labute approximate surface area is 80.5 Å². The van der Waals surface area contributed by atoms with Crippen LogP contribution in [-0.4, -0.2) is 27.0 Å². The van der Waals surface area contributed by atoms with Crippen LogP contribution in [0.2, 0.25) is 0 Å². The molecule has 0 aliphatic rings. The maximum absolute atomic E-state index is 10.6. The van der Waals surface area contributed by atoms with Crippen molar-refractivity contribution < 1.29 is 9.53 Å². The van der Waals surface area contributed by atoms with E-state index >= 15 is 0 Å². The first-order chi connectivity index (χ1) is 6.13. The Hall–Kier alpha value is -1.04. The van der Waals surface area contributed by atoms with Crippen molar-refractivity contribution in [2.75, 3.05) is 6.26 Å². The fourth-order valence-corrected chi connectivity index (χ4v) is 1.15. The zero-order chi connectivity index (χ0) is 9.84. The summed E-state index contributed by atoms with van der Waals surface area (Å²) < 4.78 is 6.41. The van der Waals surface area contributed by atoms with Crippen LogP contribution in [0.3, 0.4) is 0 Å². The molecule has 0 saturated carbocycles. The number of hydrogen-bond donors (Lipinski definition) is 0. The van der Waals surface area contributed by atoms with E-state index in [1.165, 1.54) is 23.4 Å². The Morgan fingerprint density at radius 1 is 1.77 bits per heavy atom. The van der Waals surface area contributed by atoms with Gasteiger partial charge in [0.05, 0.1) is 0 Å². The summed E-state index contributed by atoms with van der Waals surface area (Å²) in [5, 5.41) is 4.74. The van der Waals surface area contributed by atoms with E-state index in [1.54, 1.807) is 13.3 Å². The van der Waals surface area contributed by atoms with Crippen LogP contribution in [0.1, 0.15) is 20.1 Å². The second kappa shape index (κ2) is 4.27. The van der Waals surface area contributed by atoms with Crippen molar-refractivity contribution in [3.8, 4) is 0 Å². The predicted molar refractivity (Wildman–Crippen MR) is 48.3 cm³/mol. The van der Waals surface area contributed by atoms with Gasteiger partial charge in [0, 0.05) is 6.92 Å². The Bertz CT molecular complexity index is 300. The highest BCUT2D eigenvalue weighted by atomic mass is 32.2. The third-order valence-corrected chi connectivity index (χ3v) is 1.93. The van der Waals surface area contributed by atoms with E-state index in [0.717, 1.165) is 0 Å². The zero-order valence-corrected chi connectivity index (χ0v) is 8.54. The van der Waals surface area contributed by atoms with Crippen LogP contribution in [0.4, 0.5) is 0 Å². The van der Waals surface area contributed by atoms with E-state index in [-0.39, 0.29) is 5.97 Å². The van der Waals surface area contributed by atoms with Gasteiger partial charge in [-0.1, -0.05) is 11.8 Å². The summed E-state index contributed by atoms with van der Waals surface area (Å²) in [5.74, 6) is -0.325. The molecule has 1 unspecified atom stereocenters. The lowest BCUT2D eigenvalue weighted by molar-refractivity contribution is -0.150. The van der Waals surface area contributed by atoms with Gasteiger partial charge in [0.15, 0.2) is 6.23 Å². The second-order valence-corrected chi connectivity index (χ2v) is 3.19. The first kappa shape index (κ1) is 10.0. The number of ether oxygens (including phenoxy) is 1. The normalized spacial score (nSPS) is 12.5. The molecule has 0 amide bonds. The highest BCUT2D eigenvalue weighted by molar-refractivity contribution is 7.98. The summed E-state index contributed by atoms with van der Waals surface area (Å²) in [6.07, 6.45) is 3.03. The van der Waals surface area contributed by atoms with Crippen LogP contribution < -0.4 is 0 Å². The van der Waals surface area contributed by atoms with E-state index in [4.69, 9.17) is 4.74 Å². The molecule has 1 rings (SSSR count). The number of esters is 1. The largest absolute Gasteiger partial charge is 0.440 e. The van der Waals surface area contributed by atoms with Crippen LogP contribution >= 0.6 is 11.8 Å². The molecule has 0 aromatic carbocycles. The van der Waals surface area contributed by atoms with Crippen molar-refractivity contribution in [3.63, 3.8) is 0 Å². The highest BCUT2D eigenvalue weighted by Crippen LogP contribution is 2.10. The molecule has 0 spiro atoms. The number of thioether (sulfide) groups is 1. The van der Waals surface area contributed by atoms with Gasteiger partial charge in [0.1, 0.15) is 6.33 Å². The monoisotopic (exact) mass is 201 g/mol. The standard InChI is InChI=1S/C7H11N3O2S/c1-5(12-6(2)11)10-4-8-7(9-10)13-3/h4-5H,1-3H3. The average Bonchev–Trinajstić information content (AvgIpc) is 2.50. The molecule has 72 valence electrons. The van der Waals surface area contributed by atoms with Crippen LogP contribution in [0.25, 0.3) is 0 Å². The molecule has 0 bridgehead atoms. The minimum atomic E-state index is -0.397. The van der Waals surface area contributed by atoms with Gasteiger partial charge in [-0.25, -0.2) is 9.67 Å². The number of rotatable bonds is 3. The summed E-state index contributed by atoms with van der Waals surface area (Å²) in [6, 6.07) is 0. The number of carbonyl (C=O) groups is 1. The number of aromatic nitrogens is 3. The molecule has 0 aliphatic carbocycles. The molecule has 0 saturated heterocycles. The molecule has 0 aliphatic heterocycles. The van der Waals surface area contributed by atoms with E-state index in [9.17, 15) is 4.79 Å². The molecule has 0 N–H and O–H groups in total. The Morgan fingerprint density at radius 2 is 2.46 bits per heavy atom. The van der Waals surface area contributed by atoms with E-state index in [1.807, 2.05) is 6.26 Å². The number of nitrogens with zero attached hydrogens (tertiary/aromatic N) is 3. The van der Waals surface area contributed by atoms with Gasteiger partial charge in [-0.05, 0) is 13.2 Å². The van der Waals surface area contributed by atoms with E-state index in [0.29, 0.717) is 5.16 Å². The van der Waals surface area contributed by atoms with Crippen molar-refractivity contribution in [3.05, 3.63) is 6.33 Å². The molecule has 5 nitrogen and oxygen atoms in total. The lowest BCUT2D eigenvalue weighted by atomic mass is 10.6. The molecule has 0 fully saturated rings. The Balaban J connectivity index is 2.65. The molecular weight excluding hydrogens is 190 g/mol. The van der Waals surface area contributed by atoms with Gasteiger partial charge in [-0.3, -0.25) is 4.79 Å².